The molecule has 0 N–H and O–H groups in total. The Morgan fingerprint density at radius 1 is 0.864 bits per heavy atom. The highest BCUT2D eigenvalue weighted by Crippen LogP contribution is 2.47. The first-order valence-electron chi connectivity index (χ1n) is 18.7. The summed E-state index contributed by atoms with van der Waals surface area (Å²) in [6.45, 7) is 19.8. The van der Waals surface area contributed by atoms with Crippen molar-refractivity contribution in [1.29, 1.82) is 0 Å². The number of aromatic nitrogens is 3. The summed E-state index contributed by atoms with van der Waals surface area (Å²) in [5.41, 5.74) is -8.76. The Morgan fingerprint density at radius 3 is 1.92 bits per heavy atom. The van der Waals surface area contributed by atoms with Crippen LogP contribution in [0.15, 0.2) is 45.4 Å². The maximum atomic E-state index is 15.5. The largest absolute Gasteiger partial charge is 0.443 e. The van der Waals surface area contributed by atoms with Gasteiger partial charge in [-0.2, -0.15) is 31.2 Å². The zero-order valence-corrected chi connectivity index (χ0v) is 37.9. The molecule has 20 heteroatoms. The number of benzene rings is 1. The molecule has 59 heavy (non-hydrogen) atoms. The van der Waals surface area contributed by atoms with E-state index in [4.69, 9.17) is 27.8 Å². The Hall–Kier alpha value is -3.59. The van der Waals surface area contributed by atoms with Gasteiger partial charge in [-0.3, -0.25) is 0 Å². The molecule has 330 valence electrons. The third-order valence-corrected chi connectivity index (χ3v) is 14.2. The van der Waals surface area contributed by atoms with E-state index in [0.717, 1.165) is 0 Å². The minimum absolute atomic E-state index is 0.0372. The fourth-order valence-corrected chi connectivity index (χ4v) is 7.04. The number of hydrogen-bond donors (Lipinski definition) is 0. The van der Waals surface area contributed by atoms with E-state index in [1.54, 1.807) is 30.3 Å². The van der Waals surface area contributed by atoms with E-state index in [0.29, 0.717) is 18.1 Å². The second-order valence-electron chi connectivity index (χ2n) is 17.3. The summed E-state index contributed by atoms with van der Waals surface area (Å²) in [5.74, 6) is -2.06. The second-order valence-corrected chi connectivity index (χ2v) is 22.8. The monoisotopic (exact) mass is 926 g/mol. The molecule has 3 aromatic rings. The highest BCUT2D eigenvalue weighted by atomic mass is 79.9. The first kappa shape index (κ1) is 49.8. The number of nitrogens with zero attached hydrogens (tertiary/aromatic N) is 4. The van der Waals surface area contributed by atoms with E-state index in [1.807, 2.05) is 6.92 Å². The average Bonchev–Trinajstić information content (AvgIpc) is 3.54. The number of carbonyl (C=O) groups excluding carboxylic acids is 2. The molecular formula is C39H53BrF6N4O8Si. The van der Waals surface area contributed by atoms with Crippen molar-refractivity contribution < 1.29 is 63.7 Å². The summed E-state index contributed by atoms with van der Waals surface area (Å²) >= 11 is 2.75. The fraction of sp³-hybridized carbons (Fsp3) is 0.615. The molecule has 1 aromatic carbocycles. The minimum Gasteiger partial charge on any atom is -0.443 e. The molecule has 0 radical (unpaired) electrons. The zero-order chi connectivity index (χ0) is 45.0. The van der Waals surface area contributed by atoms with Crippen molar-refractivity contribution in [1.82, 2.24) is 15.2 Å². The number of anilines is 1. The topological polar surface area (TPSA) is 135 Å². The normalized spacial score (nSPS) is 14.8. The van der Waals surface area contributed by atoms with Crippen molar-refractivity contribution in [2.75, 3.05) is 18.1 Å². The number of amides is 2. The lowest BCUT2D eigenvalue weighted by Crippen LogP contribution is -2.46. The Labute approximate surface area is 349 Å². The fourth-order valence-electron chi connectivity index (χ4n) is 5.05. The predicted molar refractivity (Wildman–Crippen MR) is 212 cm³/mol. The van der Waals surface area contributed by atoms with Crippen LogP contribution in [0.4, 0.5) is 41.6 Å². The smallest absolute Gasteiger partial charge is 0.426 e. The van der Waals surface area contributed by atoms with Crippen LogP contribution < -0.4 is 4.90 Å². The molecule has 0 fully saturated rings. The standard InChI is InChI=1S/C39H53BrF6N4O8Si/c1-24(58-59(11,12)36(8,9)10)18-20-53-21-19-37(39(44,45)46,54-23-25-16-14-13-15-17-25)31-49-48-30(55-31)28-27(22-26(29(40)47-28)38(41,42)43)50(32(51)56-34(2,3)4)33(52)57-35(5,6)7/h13-17,22,24H,18-21,23H2,1-12H3/t24-,37?/m0/s1. The average molecular weight is 928 g/mol. The molecule has 0 aliphatic heterocycles. The van der Waals surface area contributed by atoms with Crippen molar-refractivity contribution in [3.63, 3.8) is 0 Å². The number of rotatable bonds is 14. The Kier molecular flexibility index (Phi) is 15.7. The van der Waals surface area contributed by atoms with Crippen LogP contribution in [0.2, 0.25) is 18.1 Å². The lowest BCUT2D eigenvalue weighted by Gasteiger charge is -2.38. The third-order valence-electron chi connectivity index (χ3n) is 8.98. The first-order valence-corrected chi connectivity index (χ1v) is 22.4. The van der Waals surface area contributed by atoms with E-state index >= 15 is 13.2 Å². The highest BCUT2D eigenvalue weighted by Gasteiger charge is 2.61. The van der Waals surface area contributed by atoms with Gasteiger partial charge in [0.25, 0.3) is 11.8 Å². The van der Waals surface area contributed by atoms with Gasteiger partial charge in [-0.25, -0.2) is 14.6 Å². The first-order chi connectivity index (χ1) is 26.8. The molecule has 0 saturated heterocycles. The van der Waals surface area contributed by atoms with Gasteiger partial charge in [-0.15, -0.1) is 10.2 Å². The summed E-state index contributed by atoms with van der Waals surface area (Å²) in [7, 11) is -2.14. The molecule has 0 spiro atoms. The summed E-state index contributed by atoms with van der Waals surface area (Å²) in [6.07, 6.45) is -14.1. The SMILES string of the molecule is C[C@@H](CCOCCC(OCc1ccccc1)(c1nnc(-c2nc(Br)c(C(F)(F)F)cc2N(C(=O)OC(C)(C)C)C(=O)OC(C)(C)C)o1)C(F)(F)F)O[Si](C)(C)C(C)(C)C. The van der Waals surface area contributed by atoms with Crippen molar-refractivity contribution in [3.8, 4) is 11.6 Å². The summed E-state index contributed by atoms with van der Waals surface area (Å²) in [5, 5.41) is 7.36. The van der Waals surface area contributed by atoms with Crippen LogP contribution in [0.3, 0.4) is 0 Å². The van der Waals surface area contributed by atoms with E-state index < -0.39 is 103 Å². The quantitative estimate of drug-likeness (QED) is 0.0661. The maximum absolute atomic E-state index is 15.5. The van der Waals surface area contributed by atoms with E-state index in [9.17, 15) is 22.8 Å². The Bertz CT molecular complexity index is 1870. The molecule has 2 heterocycles. The minimum atomic E-state index is -5.25. The van der Waals surface area contributed by atoms with Gasteiger partial charge in [0.15, 0.2) is 14.0 Å². The molecule has 2 aromatic heterocycles. The Morgan fingerprint density at radius 2 is 1.42 bits per heavy atom. The van der Waals surface area contributed by atoms with Crippen LogP contribution >= 0.6 is 15.9 Å². The zero-order valence-electron chi connectivity index (χ0n) is 35.3. The number of ether oxygens (including phenoxy) is 4. The number of alkyl halides is 6. The molecule has 2 atom stereocenters. The van der Waals surface area contributed by atoms with Crippen LogP contribution in [-0.4, -0.2) is 72.4 Å². The lowest BCUT2D eigenvalue weighted by molar-refractivity contribution is -0.302. The third kappa shape index (κ3) is 13.4. The van der Waals surface area contributed by atoms with Crippen LogP contribution in [0.25, 0.3) is 11.6 Å². The molecule has 0 bridgehead atoms. The van der Waals surface area contributed by atoms with Gasteiger partial charge in [-0.05, 0) is 101 Å². The lowest BCUT2D eigenvalue weighted by atomic mass is 9.98. The summed E-state index contributed by atoms with van der Waals surface area (Å²) in [6, 6.07) is 8.31. The maximum Gasteiger partial charge on any atom is 0.426 e. The molecule has 0 saturated carbocycles. The van der Waals surface area contributed by atoms with E-state index in [2.05, 4.69) is 65.0 Å². The van der Waals surface area contributed by atoms with E-state index in [1.165, 1.54) is 41.5 Å². The van der Waals surface area contributed by atoms with Crippen LogP contribution in [0, 0.1) is 0 Å². The second kappa shape index (κ2) is 18.6. The molecule has 2 amide bonds. The van der Waals surface area contributed by atoms with Crippen molar-refractivity contribution in [2.24, 2.45) is 0 Å². The van der Waals surface area contributed by atoms with Gasteiger partial charge in [-0.1, -0.05) is 51.1 Å². The summed E-state index contributed by atoms with van der Waals surface area (Å²) < 4.78 is 122. The summed E-state index contributed by atoms with van der Waals surface area (Å²) in [4.78, 5) is 31.2. The van der Waals surface area contributed by atoms with Gasteiger partial charge < -0.3 is 27.8 Å². The van der Waals surface area contributed by atoms with Crippen LogP contribution in [0.1, 0.15) is 99.1 Å². The molecule has 0 aliphatic carbocycles. The van der Waals surface area contributed by atoms with Crippen LogP contribution in [-0.2, 0) is 41.8 Å². The van der Waals surface area contributed by atoms with Crippen molar-refractivity contribution >= 4 is 42.1 Å². The number of imide groups is 1. The number of pyridine rings is 1. The van der Waals surface area contributed by atoms with Gasteiger partial charge in [0, 0.05) is 19.1 Å². The molecular weight excluding hydrogens is 874 g/mol. The molecule has 1 unspecified atom stereocenters. The molecule has 12 nitrogen and oxygen atoms in total. The van der Waals surface area contributed by atoms with E-state index in [-0.39, 0.29) is 22.6 Å². The number of halogens is 7. The van der Waals surface area contributed by atoms with Gasteiger partial charge in [0.2, 0.25) is 5.60 Å². The number of hydrogen-bond acceptors (Lipinski definition) is 11. The van der Waals surface area contributed by atoms with Crippen molar-refractivity contribution in [2.45, 2.75) is 142 Å². The van der Waals surface area contributed by atoms with Gasteiger partial charge in [0.1, 0.15) is 15.8 Å². The number of carbonyl (C=O) groups is 2. The van der Waals surface area contributed by atoms with Gasteiger partial charge >= 0.3 is 24.5 Å². The Balaban J connectivity index is 2.17. The van der Waals surface area contributed by atoms with Crippen LogP contribution in [0.5, 0.6) is 0 Å². The predicted octanol–water partition coefficient (Wildman–Crippen LogP) is 11.8. The highest BCUT2D eigenvalue weighted by molar-refractivity contribution is 9.10. The van der Waals surface area contributed by atoms with Gasteiger partial charge in [0.05, 0.1) is 24.5 Å². The van der Waals surface area contributed by atoms with Crippen molar-refractivity contribution in [3.05, 3.63) is 58.0 Å². The molecule has 0 aliphatic rings. The molecule has 3 rings (SSSR count).